The Morgan fingerprint density at radius 2 is 1.91 bits per heavy atom. The number of hydrogen-bond acceptors (Lipinski definition) is 4. The lowest BCUT2D eigenvalue weighted by molar-refractivity contribution is -0.134. The van der Waals surface area contributed by atoms with Crippen LogP contribution in [0.2, 0.25) is 0 Å². The first-order valence-electron chi connectivity index (χ1n) is 10.2. The SMILES string of the molecule is O=C(O)N1CCC(c2cn(C3CCc4c(F)cccc4N(CC(F)(F)F)C3=O)nn2)CC1. The van der Waals surface area contributed by atoms with Crippen molar-refractivity contribution in [3.05, 3.63) is 41.5 Å². The molecule has 172 valence electrons. The maximum atomic E-state index is 14.4. The van der Waals surface area contributed by atoms with Gasteiger partial charge in [-0.25, -0.2) is 13.9 Å². The monoisotopic (exact) mass is 455 g/mol. The minimum Gasteiger partial charge on any atom is -0.465 e. The van der Waals surface area contributed by atoms with E-state index in [1.54, 1.807) is 0 Å². The number of amides is 2. The summed E-state index contributed by atoms with van der Waals surface area (Å²) in [6.07, 6.45) is -2.93. The first-order valence-corrected chi connectivity index (χ1v) is 10.2. The molecule has 0 saturated carbocycles. The molecule has 0 bridgehead atoms. The molecular weight excluding hydrogens is 434 g/mol. The number of aromatic nitrogens is 3. The van der Waals surface area contributed by atoms with Crippen molar-refractivity contribution in [3.8, 4) is 0 Å². The van der Waals surface area contributed by atoms with Crippen LogP contribution in [-0.4, -0.2) is 62.8 Å². The number of benzene rings is 1. The number of anilines is 1. The van der Waals surface area contributed by atoms with Crippen LogP contribution in [0.25, 0.3) is 0 Å². The second-order valence-corrected chi connectivity index (χ2v) is 8.00. The van der Waals surface area contributed by atoms with Crippen LogP contribution in [0.5, 0.6) is 0 Å². The molecule has 32 heavy (non-hydrogen) atoms. The molecule has 0 spiro atoms. The number of piperidine rings is 1. The summed E-state index contributed by atoms with van der Waals surface area (Å²) >= 11 is 0. The van der Waals surface area contributed by atoms with E-state index < -0.39 is 36.6 Å². The predicted molar refractivity (Wildman–Crippen MR) is 104 cm³/mol. The van der Waals surface area contributed by atoms with Crippen LogP contribution in [0, 0.1) is 5.82 Å². The van der Waals surface area contributed by atoms with Crippen molar-refractivity contribution < 1.29 is 32.3 Å². The fourth-order valence-corrected chi connectivity index (χ4v) is 4.33. The van der Waals surface area contributed by atoms with Crippen molar-refractivity contribution in [1.29, 1.82) is 0 Å². The van der Waals surface area contributed by atoms with E-state index in [1.807, 2.05) is 0 Å². The van der Waals surface area contributed by atoms with E-state index >= 15 is 0 Å². The molecule has 0 aliphatic carbocycles. The zero-order valence-corrected chi connectivity index (χ0v) is 16.9. The molecule has 3 heterocycles. The van der Waals surface area contributed by atoms with Crippen LogP contribution < -0.4 is 4.90 Å². The van der Waals surface area contributed by atoms with Crippen LogP contribution in [-0.2, 0) is 11.2 Å². The fourth-order valence-electron chi connectivity index (χ4n) is 4.33. The van der Waals surface area contributed by atoms with Gasteiger partial charge < -0.3 is 14.9 Å². The third-order valence-electron chi connectivity index (χ3n) is 5.97. The van der Waals surface area contributed by atoms with Crippen molar-refractivity contribution in [2.75, 3.05) is 24.5 Å². The number of hydrogen-bond donors (Lipinski definition) is 1. The standard InChI is InChI=1S/C20H21F4N5O3/c21-14-2-1-3-16-13(14)4-5-17(18(30)28(16)11-20(22,23)24)29-10-15(25-26-29)12-6-8-27(9-7-12)19(31)32/h1-3,10,12,17H,4-9,11H2,(H,31,32). The Labute approximate surface area is 180 Å². The predicted octanol–water partition coefficient (Wildman–Crippen LogP) is 3.36. The first kappa shape index (κ1) is 22.0. The van der Waals surface area contributed by atoms with Crippen LogP contribution >= 0.6 is 0 Å². The molecule has 12 heteroatoms. The highest BCUT2D eigenvalue weighted by Crippen LogP contribution is 2.35. The van der Waals surface area contributed by atoms with Crippen molar-refractivity contribution in [3.63, 3.8) is 0 Å². The Hall–Kier alpha value is -3.18. The van der Waals surface area contributed by atoms with Crippen LogP contribution in [0.3, 0.4) is 0 Å². The number of nitrogens with zero attached hydrogens (tertiary/aromatic N) is 5. The highest BCUT2D eigenvalue weighted by atomic mass is 19.4. The Bertz CT molecular complexity index is 1020. The zero-order valence-electron chi connectivity index (χ0n) is 16.9. The molecule has 8 nitrogen and oxygen atoms in total. The van der Waals surface area contributed by atoms with Gasteiger partial charge in [-0.05, 0) is 37.8 Å². The fraction of sp³-hybridized carbons (Fsp3) is 0.500. The minimum atomic E-state index is -4.67. The topological polar surface area (TPSA) is 91.6 Å². The maximum Gasteiger partial charge on any atom is 0.407 e. The summed E-state index contributed by atoms with van der Waals surface area (Å²) in [7, 11) is 0. The molecule has 1 atom stereocenters. The average Bonchev–Trinajstić information content (AvgIpc) is 3.17. The van der Waals surface area contributed by atoms with E-state index in [9.17, 15) is 27.2 Å². The quantitative estimate of drug-likeness (QED) is 0.717. The highest BCUT2D eigenvalue weighted by molar-refractivity contribution is 5.97. The number of rotatable bonds is 3. The molecule has 2 aromatic rings. The lowest BCUT2D eigenvalue weighted by atomic mass is 9.94. The van der Waals surface area contributed by atoms with E-state index in [-0.39, 0.29) is 30.0 Å². The molecule has 1 aromatic heterocycles. The van der Waals surface area contributed by atoms with Gasteiger partial charge >= 0.3 is 12.3 Å². The molecule has 0 radical (unpaired) electrons. The minimum absolute atomic E-state index is 0.0639. The summed E-state index contributed by atoms with van der Waals surface area (Å²) in [6.45, 7) is -0.861. The number of carbonyl (C=O) groups excluding carboxylic acids is 1. The van der Waals surface area contributed by atoms with Crippen LogP contribution in [0.1, 0.15) is 42.5 Å². The van der Waals surface area contributed by atoms with E-state index in [4.69, 9.17) is 5.11 Å². The van der Waals surface area contributed by atoms with Gasteiger partial charge in [0.05, 0.1) is 11.4 Å². The van der Waals surface area contributed by atoms with Crippen molar-refractivity contribution in [2.24, 2.45) is 0 Å². The second-order valence-electron chi connectivity index (χ2n) is 8.00. The number of likely N-dealkylation sites (tertiary alicyclic amines) is 1. The maximum absolute atomic E-state index is 14.4. The number of alkyl halides is 3. The molecule has 2 aliphatic rings. The van der Waals surface area contributed by atoms with E-state index in [1.165, 1.54) is 27.9 Å². The first-order chi connectivity index (χ1) is 15.1. The number of fused-ring (bicyclic) bond motifs is 1. The van der Waals surface area contributed by atoms with Gasteiger partial charge in [0.2, 0.25) is 0 Å². The Kier molecular flexibility index (Phi) is 5.78. The van der Waals surface area contributed by atoms with Crippen LogP contribution in [0.15, 0.2) is 24.4 Å². The highest BCUT2D eigenvalue weighted by Gasteiger charge is 2.40. The third kappa shape index (κ3) is 4.39. The van der Waals surface area contributed by atoms with Crippen molar-refractivity contribution in [2.45, 2.75) is 43.8 Å². The Morgan fingerprint density at radius 1 is 1.19 bits per heavy atom. The Morgan fingerprint density at radius 3 is 2.56 bits per heavy atom. The largest absolute Gasteiger partial charge is 0.465 e. The van der Waals surface area contributed by atoms with E-state index in [0.717, 1.165) is 6.07 Å². The van der Waals surface area contributed by atoms with Gasteiger partial charge in [-0.3, -0.25) is 4.79 Å². The van der Waals surface area contributed by atoms with Gasteiger partial charge in [0.25, 0.3) is 5.91 Å². The van der Waals surface area contributed by atoms with Gasteiger partial charge in [-0.2, -0.15) is 13.2 Å². The molecule has 1 saturated heterocycles. The van der Waals surface area contributed by atoms with Crippen LogP contribution in [0.4, 0.5) is 28.0 Å². The molecule has 1 unspecified atom stereocenters. The average molecular weight is 455 g/mol. The molecule has 1 N–H and O–H groups in total. The van der Waals surface area contributed by atoms with Gasteiger partial charge in [-0.15, -0.1) is 5.10 Å². The normalized spacial score (nSPS) is 20.2. The molecule has 1 aromatic carbocycles. The summed E-state index contributed by atoms with van der Waals surface area (Å²) in [6, 6.07) is 2.69. The van der Waals surface area contributed by atoms with E-state index in [0.29, 0.717) is 36.5 Å². The third-order valence-corrected chi connectivity index (χ3v) is 5.97. The number of halogens is 4. The van der Waals surface area contributed by atoms with Gasteiger partial charge in [-0.1, -0.05) is 11.3 Å². The summed E-state index contributed by atoms with van der Waals surface area (Å²) in [5.74, 6) is -1.56. The lowest BCUT2D eigenvalue weighted by Crippen LogP contribution is -2.42. The molecule has 4 rings (SSSR count). The summed E-state index contributed by atoms with van der Waals surface area (Å²) in [4.78, 5) is 26.1. The van der Waals surface area contributed by atoms with Gasteiger partial charge in [0.15, 0.2) is 0 Å². The van der Waals surface area contributed by atoms with Crippen molar-refractivity contribution >= 4 is 17.7 Å². The number of carbonyl (C=O) groups is 2. The molecule has 2 aliphatic heterocycles. The van der Waals surface area contributed by atoms with E-state index in [2.05, 4.69) is 10.3 Å². The summed E-state index contributed by atoms with van der Waals surface area (Å²) < 4.78 is 55.3. The molecule has 2 amide bonds. The number of carboxylic acid groups (broad SMARTS) is 1. The summed E-state index contributed by atoms with van der Waals surface area (Å²) in [5.41, 5.74) is 0.531. The lowest BCUT2D eigenvalue weighted by Gasteiger charge is -2.28. The van der Waals surface area contributed by atoms with Crippen molar-refractivity contribution in [1.82, 2.24) is 19.9 Å². The summed E-state index contributed by atoms with van der Waals surface area (Å²) in [5, 5.41) is 17.2. The molecule has 1 fully saturated rings. The van der Waals surface area contributed by atoms with Gasteiger partial charge in [0.1, 0.15) is 18.4 Å². The Balaban J connectivity index is 1.59. The van der Waals surface area contributed by atoms with Gasteiger partial charge in [0, 0.05) is 30.8 Å². The smallest absolute Gasteiger partial charge is 0.407 e. The molecular formula is C20H21F4N5O3. The second kappa shape index (κ2) is 8.40. The zero-order chi connectivity index (χ0) is 23.0.